The maximum absolute atomic E-state index is 12.3. The van der Waals surface area contributed by atoms with Crippen LogP contribution < -0.4 is 10.1 Å². The monoisotopic (exact) mass is 396 g/mol. The van der Waals surface area contributed by atoms with Gasteiger partial charge in [-0.25, -0.2) is 0 Å². The predicted octanol–water partition coefficient (Wildman–Crippen LogP) is 3.31. The van der Waals surface area contributed by atoms with Crippen LogP contribution in [0.25, 0.3) is 5.32 Å². The van der Waals surface area contributed by atoms with Crippen molar-refractivity contribution in [2.75, 3.05) is 26.2 Å². The van der Waals surface area contributed by atoms with Crippen molar-refractivity contribution < 1.29 is 22.7 Å². The molecule has 2 saturated carbocycles. The molecule has 0 radical (unpaired) electrons. The van der Waals surface area contributed by atoms with Crippen LogP contribution in [0.5, 0.6) is 5.75 Å². The number of alkyl halides is 3. The van der Waals surface area contributed by atoms with Crippen LogP contribution in [0, 0.1) is 17.8 Å². The summed E-state index contributed by atoms with van der Waals surface area (Å²) in [6.45, 7) is 3.48. The zero-order valence-corrected chi connectivity index (χ0v) is 15.6. The summed E-state index contributed by atoms with van der Waals surface area (Å²) in [5.74, 6) is 1.66. The van der Waals surface area contributed by atoms with Crippen molar-refractivity contribution in [2.24, 2.45) is 17.8 Å². The van der Waals surface area contributed by atoms with Crippen LogP contribution >= 0.6 is 0 Å². The van der Waals surface area contributed by atoms with Gasteiger partial charge in [-0.15, -0.1) is 26.3 Å². The normalized spacial score (nSPS) is 27.2. The van der Waals surface area contributed by atoms with Crippen molar-refractivity contribution in [3.05, 3.63) is 35.1 Å². The van der Waals surface area contributed by atoms with E-state index in [1.807, 2.05) is 0 Å². The van der Waals surface area contributed by atoms with E-state index in [4.69, 9.17) is 0 Å². The van der Waals surface area contributed by atoms with E-state index in [2.05, 4.69) is 20.3 Å². The first kappa shape index (κ1) is 19.5. The summed E-state index contributed by atoms with van der Waals surface area (Å²) >= 11 is 0. The number of nitrogens with zero attached hydrogens (tertiary/aromatic N) is 2. The van der Waals surface area contributed by atoms with Crippen molar-refractivity contribution in [1.82, 2.24) is 10.2 Å². The fourth-order valence-electron chi connectivity index (χ4n) is 4.35. The molecule has 2 unspecified atom stereocenters. The van der Waals surface area contributed by atoms with E-state index in [0.717, 1.165) is 32.5 Å². The molecule has 3 fully saturated rings. The van der Waals surface area contributed by atoms with E-state index in [1.54, 1.807) is 12.1 Å². The maximum Gasteiger partial charge on any atom is 0.573 e. The van der Waals surface area contributed by atoms with Gasteiger partial charge in [0.05, 0.1) is 6.54 Å². The van der Waals surface area contributed by atoms with Crippen LogP contribution in [0.2, 0.25) is 0 Å². The summed E-state index contributed by atoms with van der Waals surface area (Å²) in [7, 11) is 0. The Hall–Kier alpha value is -1.80. The Bertz CT molecular complexity index is 696. The quantitative estimate of drug-likeness (QED) is 0.734. The number of hydrogen-bond acceptors (Lipinski definition) is 3. The first-order chi connectivity index (χ1) is 13.4. The number of ether oxygens (including phenoxy) is 1. The van der Waals surface area contributed by atoms with E-state index < -0.39 is 6.36 Å². The van der Waals surface area contributed by atoms with Crippen molar-refractivity contribution in [1.29, 1.82) is 0 Å². The second-order valence-corrected chi connectivity index (χ2v) is 8.14. The molecule has 0 spiro atoms. The van der Waals surface area contributed by atoms with Crippen molar-refractivity contribution >= 4 is 5.91 Å². The van der Waals surface area contributed by atoms with Crippen molar-refractivity contribution in [3.63, 3.8) is 0 Å². The third-order valence-electron chi connectivity index (χ3n) is 6.05. The highest BCUT2D eigenvalue weighted by Gasteiger charge is 2.53. The van der Waals surface area contributed by atoms with E-state index in [1.165, 1.54) is 18.6 Å². The van der Waals surface area contributed by atoms with Gasteiger partial charge in [-0.3, -0.25) is 9.69 Å². The molecule has 1 aromatic rings. The molecule has 1 heterocycles. The van der Waals surface area contributed by atoms with Gasteiger partial charge < -0.3 is 15.4 Å². The number of piperidine rings is 1. The lowest BCUT2D eigenvalue weighted by molar-refractivity contribution is -0.274. The summed E-state index contributed by atoms with van der Waals surface area (Å²) in [5, 5.41) is 7.61. The molecular formula is C20H25F3N3O2-. The zero-order chi connectivity index (χ0) is 19.7. The first-order valence-electron chi connectivity index (χ1n) is 9.87. The van der Waals surface area contributed by atoms with Gasteiger partial charge >= 0.3 is 6.36 Å². The molecule has 28 heavy (non-hydrogen) atoms. The number of rotatable bonds is 8. The average Bonchev–Trinajstić information content (AvgIpc) is 3.02. The Morgan fingerprint density at radius 1 is 1.25 bits per heavy atom. The maximum atomic E-state index is 12.3. The molecule has 0 aromatic heterocycles. The van der Waals surface area contributed by atoms with E-state index in [0.29, 0.717) is 42.4 Å². The number of hydrogen-bond donors (Lipinski definition) is 1. The Morgan fingerprint density at radius 2 is 2.00 bits per heavy atom. The van der Waals surface area contributed by atoms with Gasteiger partial charge in [0.15, 0.2) is 0 Å². The van der Waals surface area contributed by atoms with Gasteiger partial charge in [0.25, 0.3) is 0 Å². The second kappa shape index (κ2) is 7.91. The highest BCUT2D eigenvalue weighted by molar-refractivity contribution is 5.78. The third-order valence-corrected chi connectivity index (χ3v) is 6.05. The van der Waals surface area contributed by atoms with Gasteiger partial charge in [0.1, 0.15) is 5.75 Å². The van der Waals surface area contributed by atoms with Gasteiger partial charge in [-0.2, -0.15) is 0 Å². The summed E-state index contributed by atoms with van der Waals surface area (Å²) in [6.07, 6.45) is -1.26. The Balaban J connectivity index is 1.14. The summed E-state index contributed by atoms with van der Waals surface area (Å²) in [6, 6.07) is 6.36. The minimum Gasteiger partial charge on any atom is -0.658 e. The van der Waals surface area contributed by atoms with E-state index in [-0.39, 0.29) is 11.7 Å². The highest BCUT2D eigenvalue weighted by Crippen LogP contribution is 2.52. The number of benzene rings is 1. The molecule has 5 nitrogen and oxygen atoms in total. The number of nitrogens with one attached hydrogen (secondary N) is 1. The lowest BCUT2D eigenvalue weighted by Crippen LogP contribution is -2.44. The molecule has 154 valence electrons. The van der Waals surface area contributed by atoms with Crippen molar-refractivity contribution in [2.45, 2.75) is 38.2 Å². The van der Waals surface area contributed by atoms with Crippen LogP contribution in [0.3, 0.4) is 0 Å². The number of carbonyl (C=O) groups is 1. The third kappa shape index (κ3) is 4.97. The highest BCUT2D eigenvalue weighted by atomic mass is 19.4. The Morgan fingerprint density at radius 3 is 2.64 bits per heavy atom. The van der Waals surface area contributed by atoms with Gasteiger partial charge in [0, 0.05) is 19.1 Å². The summed E-state index contributed by atoms with van der Waals surface area (Å²) in [5.41, 5.74) is 0.710. The Labute approximate surface area is 162 Å². The molecule has 3 aliphatic rings. The molecular weight excluding hydrogens is 371 g/mol. The standard InChI is InChI=1S/C20H25F3N3O2/c21-20(22,23)28-15-6-1-3-13(7-15)8-24-9-16-17-10-26(11-18(16)17)12-19(27)25-14-4-2-5-14/h1,3,6-7,14,16-18H,2,4-5,8-12H2,(H,25,27)/q-1. The second-order valence-electron chi connectivity index (χ2n) is 8.14. The molecule has 0 bridgehead atoms. The minimum atomic E-state index is -4.68. The molecule has 2 atom stereocenters. The number of halogens is 3. The number of fused-ring (bicyclic) bond motifs is 1. The van der Waals surface area contributed by atoms with Gasteiger partial charge in [-0.05, 0) is 43.2 Å². The first-order valence-corrected chi connectivity index (χ1v) is 9.87. The predicted molar refractivity (Wildman–Crippen MR) is 97.7 cm³/mol. The molecule has 8 heteroatoms. The number of likely N-dealkylation sites (tertiary alicyclic amines) is 1. The van der Waals surface area contributed by atoms with Crippen LogP contribution in [0.15, 0.2) is 24.3 Å². The van der Waals surface area contributed by atoms with Crippen LogP contribution in [-0.2, 0) is 11.3 Å². The minimum absolute atomic E-state index is 0.133. The van der Waals surface area contributed by atoms with E-state index >= 15 is 0 Å². The van der Waals surface area contributed by atoms with Crippen LogP contribution in [0.1, 0.15) is 24.8 Å². The van der Waals surface area contributed by atoms with Gasteiger partial charge in [0.2, 0.25) is 5.91 Å². The number of amides is 1. The molecule has 1 amide bonds. The Kier molecular flexibility index (Phi) is 5.51. The van der Waals surface area contributed by atoms with Gasteiger partial charge in [-0.1, -0.05) is 23.6 Å². The van der Waals surface area contributed by atoms with Crippen molar-refractivity contribution in [3.8, 4) is 5.75 Å². The fraction of sp³-hybridized carbons (Fsp3) is 0.650. The van der Waals surface area contributed by atoms with Crippen LogP contribution in [0.4, 0.5) is 13.2 Å². The smallest absolute Gasteiger partial charge is 0.573 e. The van der Waals surface area contributed by atoms with E-state index in [9.17, 15) is 18.0 Å². The largest absolute Gasteiger partial charge is 0.658 e. The summed E-state index contributed by atoms with van der Waals surface area (Å²) in [4.78, 5) is 14.2. The SMILES string of the molecule is O=C(CN1CC2C(C[N-]Cc3cccc(OC(F)(F)F)c3)C2C1)NC1CCC1. The molecule has 4 rings (SSSR count). The molecule has 1 aromatic carbocycles. The molecule has 1 aliphatic heterocycles. The van der Waals surface area contributed by atoms with Crippen LogP contribution in [-0.4, -0.2) is 49.4 Å². The molecule has 2 aliphatic carbocycles. The zero-order valence-electron chi connectivity index (χ0n) is 15.6. The molecule has 1 saturated heterocycles. The number of carbonyl (C=O) groups excluding carboxylic acids is 1. The lowest BCUT2D eigenvalue weighted by Gasteiger charge is -2.28. The summed E-state index contributed by atoms with van der Waals surface area (Å²) < 4.78 is 40.8. The topological polar surface area (TPSA) is 55.7 Å². The average molecular weight is 396 g/mol. The molecule has 1 N–H and O–H groups in total. The lowest BCUT2D eigenvalue weighted by atomic mass is 9.93. The fourth-order valence-corrected chi connectivity index (χ4v) is 4.35.